The lowest BCUT2D eigenvalue weighted by molar-refractivity contribution is -0.137. The van der Waals surface area contributed by atoms with Crippen LogP contribution in [0, 0.1) is 0 Å². The zero-order chi connectivity index (χ0) is 12.4. The van der Waals surface area contributed by atoms with E-state index in [0.29, 0.717) is 6.42 Å². The number of nitrogens with one attached hydrogen (secondary N) is 1. The summed E-state index contributed by atoms with van der Waals surface area (Å²) in [7, 11) is 0. The molecule has 16 heavy (non-hydrogen) atoms. The van der Waals surface area contributed by atoms with Crippen molar-refractivity contribution < 1.29 is 19.4 Å². The molecule has 0 unspecified atom stereocenters. The Morgan fingerprint density at radius 3 is 2.75 bits per heavy atom. The van der Waals surface area contributed by atoms with Crippen molar-refractivity contribution in [1.82, 2.24) is 5.32 Å². The average molecular weight is 229 g/mol. The van der Waals surface area contributed by atoms with Gasteiger partial charge >= 0.3 is 12.1 Å². The summed E-state index contributed by atoms with van der Waals surface area (Å²) in [6.07, 6.45) is 3.26. The highest BCUT2D eigenvalue weighted by Crippen LogP contribution is 2.05. The molecule has 0 heterocycles. The number of aliphatic carboxylic acids is 1. The Morgan fingerprint density at radius 1 is 1.56 bits per heavy atom. The molecule has 0 aliphatic rings. The first-order chi connectivity index (χ1) is 7.60. The molecule has 1 amide bonds. The van der Waals surface area contributed by atoms with E-state index in [2.05, 4.69) is 11.9 Å². The first-order valence-corrected chi connectivity index (χ1v) is 5.36. The summed E-state index contributed by atoms with van der Waals surface area (Å²) in [5, 5.41) is 11.2. The lowest BCUT2D eigenvalue weighted by atomic mass is 10.1. The zero-order valence-electron chi connectivity index (χ0n) is 9.57. The van der Waals surface area contributed by atoms with Crippen LogP contribution in [0.4, 0.5) is 4.79 Å². The Bertz CT molecular complexity index is 240. The summed E-state index contributed by atoms with van der Waals surface area (Å²) in [4.78, 5) is 21.7. The lowest BCUT2D eigenvalue weighted by Gasteiger charge is -2.15. The van der Waals surface area contributed by atoms with Gasteiger partial charge in [-0.3, -0.25) is 4.79 Å². The van der Waals surface area contributed by atoms with E-state index in [4.69, 9.17) is 9.84 Å². The van der Waals surface area contributed by atoms with E-state index in [1.54, 1.807) is 0 Å². The third-order valence-corrected chi connectivity index (χ3v) is 1.98. The number of carbonyl (C=O) groups excluding carboxylic acids is 1. The standard InChI is InChI=1S/C11H19NO4/c1-3-5-6-9(8-10(13)14)12-11(15)16-7-4-2/h4,9H,2-3,5-8H2,1H3,(H,12,15)(H,13,14)/t9-/m1/s1. The van der Waals surface area contributed by atoms with Crippen molar-refractivity contribution >= 4 is 12.1 Å². The Labute approximate surface area is 95.5 Å². The number of carboxylic acids is 1. The third-order valence-electron chi connectivity index (χ3n) is 1.98. The maximum Gasteiger partial charge on any atom is 0.407 e. The molecule has 0 aromatic heterocycles. The molecule has 0 aromatic rings. The number of unbranched alkanes of at least 4 members (excludes halogenated alkanes) is 1. The fourth-order valence-corrected chi connectivity index (χ4v) is 1.23. The Kier molecular flexibility index (Phi) is 7.93. The lowest BCUT2D eigenvalue weighted by Crippen LogP contribution is -2.36. The number of carboxylic acid groups (broad SMARTS) is 1. The molecule has 5 heteroatoms. The van der Waals surface area contributed by atoms with Crippen LogP contribution in [0.25, 0.3) is 0 Å². The minimum atomic E-state index is -0.926. The number of rotatable bonds is 8. The van der Waals surface area contributed by atoms with E-state index < -0.39 is 12.1 Å². The molecule has 0 radical (unpaired) electrons. The van der Waals surface area contributed by atoms with E-state index >= 15 is 0 Å². The molecular weight excluding hydrogens is 210 g/mol. The van der Waals surface area contributed by atoms with E-state index in [1.807, 2.05) is 6.92 Å². The van der Waals surface area contributed by atoms with Crippen molar-refractivity contribution in [2.75, 3.05) is 6.61 Å². The summed E-state index contributed by atoms with van der Waals surface area (Å²) in [6, 6.07) is -0.366. The molecule has 0 saturated carbocycles. The molecule has 0 bridgehead atoms. The van der Waals surface area contributed by atoms with Crippen LogP contribution in [0.15, 0.2) is 12.7 Å². The number of ether oxygens (including phenoxy) is 1. The fourth-order valence-electron chi connectivity index (χ4n) is 1.23. The van der Waals surface area contributed by atoms with Gasteiger partial charge in [-0.1, -0.05) is 32.4 Å². The zero-order valence-corrected chi connectivity index (χ0v) is 9.57. The predicted octanol–water partition coefficient (Wildman–Crippen LogP) is 1.93. The molecule has 0 saturated heterocycles. The van der Waals surface area contributed by atoms with Crippen molar-refractivity contribution in [2.45, 2.75) is 38.6 Å². The quantitative estimate of drug-likeness (QED) is 0.623. The molecule has 5 nitrogen and oxygen atoms in total. The fraction of sp³-hybridized carbons (Fsp3) is 0.636. The van der Waals surface area contributed by atoms with Gasteiger partial charge in [-0.15, -0.1) is 0 Å². The highest BCUT2D eigenvalue weighted by Gasteiger charge is 2.15. The van der Waals surface area contributed by atoms with Crippen molar-refractivity contribution in [3.63, 3.8) is 0 Å². The van der Waals surface area contributed by atoms with Gasteiger partial charge in [0.1, 0.15) is 6.61 Å². The van der Waals surface area contributed by atoms with E-state index in [0.717, 1.165) is 12.8 Å². The molecule has 0 aliphatic carbocycles. The first kappa shape index (κ1) is 14.5. The highest BCUT2D eigenvalue weighted by molar-refractivity contribution is 5.71. The first-order valence-electron chi connectivity index (χ1n) is 5.36. The average Bonchev–Trinajstić information content (AvgIpc) is 2.22. The maximum absolute atomic E-state index is 11.2. The van der Waals surface area contributed by atoms with Crippen molar-refractivity contribution in [3.05, 3.63) is 12.7 Å². The SMILES string of the molecule is C=CCOC(=O)N[C@H](CCCC)CC(=O)O. The Morgan fingerprint density at radius 2 is 2.25 bits per heavy atom. The molecule has 0 aliphatic heterocycles. The van der Waals surface area contributed by atoms with Gasteiger partial charge in [0, 0.05) is 6.04 Å². The van der Waals surface area contributed by atoms with Crippen LogP contribution in [0.1, 0.15) is 32.6 Å². The topological polar surface area (TPSA) is 75.6 Å². The molecule has 1 atom stereocenters. The largest absolute Gasteiger partial charge is 0.481 e. The molecular formula is C11H19NO4. The smallest absolute Gasteiger partial charge is 0.407 e. The van der Waals surface area contributed by atoms with Crippen LogP contribution in [-0.4, -0.2) is 29.8 Å². The second kappa shape index (κ2) is 8.76. The third kappa shape index (κ3) is 7.84. The number of hydrogen-bond acceptors (Lipinski definition) is 3. The number of alkyl carbamates (subject to hydrolysis) is 1. The minimum Gasteiger partial charge on any atom is -0.481 e. The molecule has 2 N–H and O–H groups in total. The molecule has 0 aromatic carbocycles. The predicted molar refractivity (Wildman–Crippen MR) is 60.2 cm³/mol. The maximum atomic E-state index is 11.2. The summed E-state index contributed by atoms with van der Waals surface area (Å²) in [6.45, 7) is 5.54. The van der Waals surface area contributed by atoms with E-state index in [9.17, 15) is 9.59 Å². The van der Waals surface area contributed by atoms with Crippen LogP contribution in [0.5, 0.6) is 0 Å². The van der Waals surface area contributed by atoms with Crippen LogP contribution in [-0.2, 0) is 9.53 Å². The number of amides is 1. The summed E-state index contributed by atoms with van der Waals surface area (Å²) >= 11 is 0. The summed E-state index contributed by atoms with van der Waals surface area (Å²) in [5.74, 6) is -0.926. The van der Waals surface area contributed by atoms with E-state index in [-0.39, 0.29) is 19.1 Å². The molecule has 0 spiro atoms. The minimum absolute atomic E-state index is 0.0802. The normalized spacial score (nSPS) is 11.6. The highest BCUT2D eigenvalue weighted by atomic mass is 16.5. The van der Waals surface area contributed by atoms with E-state index in [1.165, 1.54) is 6.08 Å². The Balaban J connectivity index is 4.02. The second-order valence-corrected chi connectivity index (χ2v) is 3.47. The van der Waals surface area contributed by atoms with Gasteiger partial charge in [0.15, 0.2) is 0 Å². The monoisotopic (exact) mass is 229 g/mol. The van der Waals surface area contributed by atoms with Gasteiger partial charge < -0.3 is 15.2 Å². The van der Waals surface area contributed by atoms with Gasteiger partial charge in [0.2, 0.25) is 0 Å². The van der Waals surface area contributed by atoms with Crippen LogP contribution >= 0.6 is 0 Å². The number of carbonyl (C=O) groups is 2. The summed E-state index contributed by atoms with van der Waals surface area (Å²) in [5.41, 5.74) is 0. The van der Waals surface area contributed by atoms with Crippen LogP contribution in [0.3, 0.4) is 0 Å². The van der Waals surface area contributed by atoms with Gasteiger partial charge in [-0.2, -0.15) is 0 Å². The van der Waals surface area contributed by atoms with Crippen LogP contribution in [0.2, 0.25) is 0 Å². The molecule has 0 fully saturated rings. The van der Waals surface area contributed by atoms with Gasteiger partial charge in [0.05, 0.1) is 6.42 Å². The Hall–Kier alpha value is -1.52. The number of hydrogen-bond donors (Lipinski definition) is 2. The van der Waals surface area contributed by atoms with Crippen molar-refractivity contribution in [2.24, 2.45) is 0 Å². The molecule has 0 rings (SSSR count). The van der Waals surface area contributed by atoms with Crippen molar-refractivity contribution in [1.29, 1.82) is 0 Å². The summed E-state index contributed by atoms with van der Waals surface area (Å²) < 4.78 is 4.72. The van der Waals surface area contributed by atoms with Gasteiger partial charge in [-0.25, -0.2) is 4.79 Å². The van der Waals surface area contributed by atoms with Crippen molar-refractivity contribution in [3.8, 4) is 0 Å². The van der Waals surface area contributed by atoms with Gasteiger partial charge in [0.25, 0.3) is 0 Å². The van der Waals surface area contributed by atoms with Gasteiger partial charge in [-0.05, 0) is 6.42 Å². The molecule has 92 valence electrons. The van der Waals surface area contributed by atoms with Crippen LogP contribution < -0.4 is 5.32 Å². The second-order valence-electron chi connectivity index (χ2n) is 3.47.